The van der Waals surface area contributed by atoms with E-state index in [9.17, 15) is 8.42 Å². The van der Waals surface area contributed by atoms with Crippen LogP contribution in [0, 0.1) is 6.92 Å². The van der Waals surface area contributed by atoms with Gasteiger partial charge < -0.3 is 14.2 Å². The smallest absolute Gasteiger partial charge is 0.175 e. The molecular formula is C29H31N3O5S. The van der Waals surface area contributed by atoms with Crippen molar-refractivity contribution in [2.75, 3.05) is 52.8 Å². The molecule has 8 nitrogen and oxygen atoms in total. The van der Waals surface area contributed by atoms with Crippen molar-refractivity contribution >= 4 is 20.9 Å². The molecule has 4 aromatic rings. The lowest BCUT2D eigenvalue weighted by Gasteiger charge is -2.26. The summed E-state index contributed by atoms with van der Waals surface area (Å²) in [5, 5.41) is 0. The van der Waals surface area contributed by atoms with Gasteiger partial charge >= 0.3 is 0 Å². The Kier molecular flexibility index (Phi) is 7.60. The minimum atomic E-state index is -3.29. The third-order valence-corrected chi connectivity index (χ3v) is 7.83. The molecule has 1 fully saturated rings. The van der Waals surface area contributed by atoms with E-state index in [1.165, 1.54) is 6.26 Å². The standard InChI is InChI=1S/C29H31N3O5S/c1-20-17-22(38(3,33)34)8-9-23(20)24-5-4-6-25-29(24)31-26(19-30-25)21-7-10-27(28(18-21)35-2)37-16-13-32-11-14-36-15-12-32/h4-10,17-19H,11-16H2,1-3H3. The zero-order chi connectivity index (χ0) is 26.7. The van der Waals surface area contributed by atoms with Gasteiger partial charge in [0, 0.05) is 37.0 Å². The number of sulfone groups is 1. The van der Waals surface area contributed by atoms with Gasteiger partial charge in [0.2, 0.25) is 0 Å². The monoisotopic (exact) mass is 533 g/mol. The molecule has 1 aliphatic rings. The Morgan fingerprint density at radius 2 is 1.82 bits per heavy atom. The van der Waals surface area contributed by atoms with Gasteiger partial charge in [0.25, 0.3) is 0 Å². The van der Waals surface area contributed by atoms with E-state index in [1.54, 1.807) is 25.4 Å². The molecule has 9 heteroatoms. The molecule has 2 heterocycles. The number of hydrogen-bond acceptors (Lipinski definition) is 8. The second-order valence-electron chi connectivity index (χ2n) is 9.35. The summed E-state index contributed by atoms with van der Waals surface area (Å²) in [5.74, 6) is 1.31. The van der Waals surface area contributed by atoms with Crippen LogP contribution in [0.2, 0.25) is 0 Å². The summed E-state index contributed by atoms with van der Waals surface area (Å²) in [6.07, 6.45) is 2.96. The lowest BCUT2D eigenvalue weighted by atomic mass is 9.99. The van der Waals surface area contributed by atoms with Crippen LogP contribution in [-0.4, -0.2) is 76.1 Å². The lowest BCUT2D eigenvalue weighted by molar-refractivity contribution is 0.0321. The highest BCUT2D eigenvalue weighted by Crippen LogP contribution is 2.34. The first-order valence-corrected chi connectivity index (χ1v) is 14.4. The van der Waals surface area contributed by atoms with Crippen molar-refractivity contribution in [2.45, 2.75) is 11.8 Å². The number of nitrogens with zero attached hydrogens (tertiary/aromatic N) is 3. The number of aryl methyl sites for hydroxylation is 1. The van der Waals surface area contributed by atoms with E-state index in [4.69, 9.17) is 19.2 Å². The van der Waals surface area contributed by atoms with Crippen molar-refractivity contribution in [2.24, 2.45) is 0 Å². The Hall–Kier alpha value is -3.53. The molecular weight excluding hydrogens is 502 g/mol. The van der Waals surface area contributed by atoms with E-state index in [-0.39, 0.29) is 0 Å². The van der Waals surface area contributed by atoms with E-state index in [0.29, 0.717) is 28.7 Å². The predicted octanol–water partition coefficient (Wildman–Crippen LogP) is 4.40. The predicted molar refractivity (Wildman–Crippen MR) is 148 cm³/mol. The highest BCUT2D eigenvalue weighted by atomic mass is 32.2. The average molecular weight is 534 g/mol. The molecule has 0 atom stereocenters. The maximum atomic E-state index is 12.0. The number of para-hydroxylation sites is 1. The number of aromatic nitrogens is 2. The third kappa shape index (κ3) is 5.65. The average Bonchev–Trinajstić information content (AvgIpc) is 2.92. The molecule has 0 unspecified atom stereocenters. The molecule has 0 N–H and O–H groups in total. The summed E-state index contributed by atoms with van der Waals surface area (Å²) < 4.78 is 41.1. The van der Waals surface area contributed by atoms with Crippen LogP contribution in [0.1, 0.15) is 5.56 Å². The minimum absolute atomic E-state index is 0.296. The van der Waals surface area contributed by atoms with Crippen LogP contribution >= 0.6 is 0 Å². The minimum Gasteiger partial charge on any atom is -0.493 e. The molecule has 0 spiro atoms. The molecule has 1 saturated heterocycles. The lowest BCUT2D eigenvalue weighted by Crippen LogP contribution is -2.38. The van der Waals surface area contributed by atoms with Crippen LogP contribution in [-0.2, 0) is 14.6 Å². The molecule has 1 aromatic heterocycles. The Morgan fingerprint density at radius 3 is 2.55 bits per heavy atom. The molecule has 3 aromatic carbocycles. The van der Waals surface area contributed by atoms with Gasteiger partial charge in [-0.05, 0) is 54.4 Å². The quantitative estimate of drug-likeness (QED) is 0.329. The van der Waals surface area contributed by atoms with Gasteiger partial charge in [-0.25, -0.2) is 13.4 Å². The number of methoxy groups -OCH3 is 1. The summed E-state index contributed by atoms with van der Waals surface area (Å²) in [5.41, 5.74) is 5.72. The van der Waals surface area contributed by atoms with Crippen LogP contribution in [0.25, 0.3) is 33.4 Å². The summed E-state index contributed by atoms with van der Waals surface area (Å²) in [6, 6.07) is 16.8. The van der Waals surface area contributed by atoms with Crippen LogP contribution < -0.4 is 9.47 Å². The summed E-state index contributed by atoms with van der Waals surface area (Å²) in [6.45, 7) is 6.66. The molecule has 0 saturated carbocycles. The number of hydrogen-bond donors (Lipinski definition) is 0. The number of benzene rings is 3. The van der Waals surface area contributed by atoms with Crippen molar-refractivity contribution in [3.05, 3.63) is 66.4 Å². The largest absolute Gasteiger partial charge is 0.493 e. The molecule has 0 bridgehead atoms. The first kappa shape index (κ1) is 26.1. The van der Waals surface area contributed by atoms with Gasteiger partial charge in [-0.15, -0.1) is 0 Å². The van der Waals surface area contributed by atoms with Gasteiger partial charge in [0.05, 0.1) is 48.1 Å². The van der Waals surface area contributed by atoms with Gasteiger partial charge in [-0.2, -0.15) is 0 Å². The number of rotatable bonds is 8. The molecule has 0 amide bonds. The zero-order valence-electron chi connectivity index (χ0n) is 21.8. The van der Waals surface area contributed by atoms with Crippen molar-refractivity contribution < 1.29 is 22.6 Å². The summed E-state index contributed by atoms with van der Waals surface area (Å²) >= 11 is 0. The molecule has 0 radical (unpaired) electrons. The number of fused-ring (bicyclic) bond motifs is 1. The Morgan fingerprint density at radius 1 is 1.00 bits per heavy atom. The second kappa shape index (κ2) is 11.1. The first-order chi connectivity index (χ1) is 18.3. The van der Waals surface area contributed by atoms with Crippen molar-refractivity contribution in [3.63, 3.8) is 0 Å². The first-order valence-electron chi connectivity index (χ1n) is 12.5. The fourth-order valence-corrected chi connectivity index (χ4v) is 5.32. The summed E-state index contributed by atoms with van der Waals surface area (Å²) in [4.78, 5) is 12.2. The van der Waals surface area contributed by atoms with Gasteiger partial charge in [0.15, 0.2) is 21.3 Å². The maximum absolute atomic E-state index is 12.0. The second-order valence-corrected chi connectivity index (χ2v) is 11.4. The van der Waals surface area contributed by atoms with Crippen molar-refractivity contribution in [1.82, 2.24) is 14.9 Å². The molecule has 38 heavy (non-hydrogen) atoms. The van der Waals surface area contributed by atoms with E-state index in [2.05, 4.69) is 9.88 Å². The Labute approximate surface area is 223 Å². The SMILES string of the molecule is COc1cc(-c2cnc3cccc(-c4ccc(S(C)(=O)=O)cc4C)c3n2)ccc1OCCN1CCOCC1. The van der Waals surface area contributed by atoms with Crippen LogP contribution in [0.3, 0.4) is 0 Å². The van der Waals surface area contributed by atoms with E-state index >= 15 is 0 Å². The van der Waals surface area contributed by atoms with Crippen molar-refractivity contribution in [1.29, 1.82) is 0 Å². The summed E-state index contributed by atoms with van der Waals surface area (Å²) in [7, 11) is -1.66. The van der Waals surface area contributed by atoms with Crippen molar-refractivity contribution in [3.8, 4) is 33.9 Å². The normalized spacial score (nSPS) is 14.5. The van der Waals surface area contributed by atoms with Crippen LogP contribution in [0.4, 0.5) is 0 Å². The van der Waals surface area contributed by atoms with Crippen LogP contribution in [0.5, 0.6) is 11.5 Å². The fourth-order valence-electron chi connectivity index (χ4n) is 4.61. The van der Waals surface area contributed by atoms with E-state index in [1.807, 2.05) is 49.4 Å². The number of ether oxygens (including phenoxy) is 3. The number of morpholine rings is 1. The van der Waals surface area contributed by atoms with E-state index < -0.39 is 9.84 Å². The van der Waals surface area contributed by atoms with Gasteiger partial charge in [-0.3, -0.25) is 9.88 Å². The molecule has 198 valence electrons. The third-order valence-electron chi connectivity index (χ3n) is 6.72. The van der Waals surface area contributed by atoms with E-state index in [0.717, 1.165) is 66.1 Å². The zero-order valence-corrected chi connectivity index (χ0v) is 22.6. The Bertz CT molecular complexity index is 1570. The van der Waals surface area contributed by atoms with Gasteiger partial charge in [0.1, 0.15) is 6.61 Å². The highest BCUT2D eigenvalue weighted by molar-refractivity contribution is 7.90. The van der Waals surface area contributed by atoms with Gasteiger partial charge in [-0.1, -0.05) is 18.2 Å². The Balaban J connectivity index is 1.44. The molecule has 1 aliphatic heterocycles. The topological polar surface area (TPSA) is 90.9 Å². The highest BCUT2D eigenvalue weighted by Gasteiger charge is 2.15. The fraction of sp³-hybridized carbons (Fsp3) is 0.310. The van der Waals surface area contributed by atoms with Crippen LogP contribution in [0.15, 0.2) is 65.7 Å². The maximum Gasteiger partial charge on any atom is 0.175 e. The molecule has 0 aliphatic carbocycles. The molecule has 5 rings (SSSR count).